The molecule has 1 N–H and O–H groups in total. The number of allylic oxidation sites excluding steroid dienone is 3. The van der Waals surface area contributed by atoms with Crippen molar-refractivity contribution in [3.63, 3.8) is 0 Å². The molecule has 0 fully saturated rings. The minimum Gasteiger partial charge on any atom is -0.456 e. The molecule has 1 atom stereocenters. The summed E-state index contributed by atoms with van der Waals surface area (Å²) in [6.45, 7) is 4.36. The van der Waals surface area contributed by atoms with Crippen LogP contribution in [0.25, 0.3) is 16.5 Å². The lowest BCUT2D eigenvalue weighted by Crippen LogP contribution is -2.24. The van der Waals surface area contributed by atoms with Gasteiger partial charge in [-0.15, -0.1) is 6.58 Å². The number of hydrogen-bond donors (Lipinski definition) is 1. The van der Waals surface area contributed by atoms with Crippen molar-refractivity contribution in [1.29, 1.82) is 0 Å². The molecule has 3 aromatic rings. The quantitative estimate of drug-likeness (QED) is 0.628. The van der Waals surface area contributed by atoms with Gasteiger partial charge in [0.15, 0.2) is 0 Å². The number of fused-ring (bicyclic) bond motifs is 1. The number of para-hydroxylation sites is 1. The Hall–Kier alpha value is -3.17. The molecule has 1 unspecified atom stereocenters. The summed E-state index contributed by atoms with van der Waals surface area (Å²) in [6, 6.07) is 19.8. The van der Waals surface area contributed by atoms with E-state index in [2.05, 4.69) is 11.6 Å². The molecule has 3 heteroatoms. The zero-order valence-corrected chi connectivity index (χ0v) is 15.0. The van der Waals surface area contributed by atoms with Gasteiger partial charge in [-0.25, -0.2) is 0 Å². The average Bonchev–Trinajstić information content (AvgIpc) is 3.13. The van der Waals surface area contributed by atoms with E-state index in [0.717, 1.165) is 27.7 Å². The lowest BCUT2D eigenvalue weighted by atomic mass is 9.91. The Bertz CT molecular complexity index is 1020. The largest absolute Gasteiger partial charge is 0.456 e. The number of aliphatic imine (C=N–C) groups is 1. The van der Waals surface area contributed by atoms with Crippen molar-refractivity contribution < 1.29 is 9.52 Å². The van der Waals surface area contributed by atoms with Gasteiger partial charge in [0.2, 0.25) is 0 Å². The Kier molecular flexibility index (Phi) is 4.86. The SMILES string of the molecule is C=CCC1=CC(=NCc2ccccc2)C(O)C(c2cc3ccccc3o2)=C1. The Morgan fingerprint density at radius 2 is 1.81 bits per heavy atom. The molecule has 4 rings (SSSR count). The maximum atomic E-state index is 10.9. The number of furan rings is 1. The van der Waals surface area contributed by atoms with Crippen LogP contribution in [0.4, 0.5) is 0 Å². The Morgan fingerprint density at radius 3 is 2.59 bits per heavy atom. The fraction of sp³-hybridized carbons (Fsp3) is 0.125. The molecule has 1 aromatic heterocycles. The molecule has 0 radical (unpaired) electrons. The van der Waals surface area contributed by atoms with Crippen molar-refractivity contribution in [3.8, 4) is 0 Å². The van der Waals surface area contributed by atoms with Crippen molar-refractivity contribution >= 4 is 22.3 Å². The summed E-state index contributed by atoms with van der Waals surface area (Å²) in [7, 11) is 0. The van der Waals surface area contributed by atoms with Gasteiger partial charge >= 0.3 is 0 Å². The zero-order chi connectivity index (χ0) is 18.6. The molecule has 0 saturated carbocycles. The van der Waals surface area contributed by atoms with E-state index < -0.39 is 6.10 Å². The highest BCUT2D eigenvalue weighted by Crippen LogP contribution is 2.31. The van der Waals surface area contributed by atoms with Gasteiger partial charge in [-0.3, -0.25) is 4.99 Å². The lowest BCUT2D eigenvalue weighted by Gasteiger charge is -2.20. The smallest absolute Gasteiger partial charge is 0.134 e. The van der Waals surface area contributed by atoms with Crippen LogP contribution in [0.2, 0.25) is 0 Å². The van der Waals surface area contributed by atoms with E-state index in [-0.39, 0.29) is 0 Å². The molecule has 0 saturated heterocycles. The number of aliphatic hydroxyl groups is 1. The third-order valence-corrected chi connectivity index (χ3v) is 4.63. The summed E-state index contributed by atoms with van der Waals surface area (Å²) in [5.74, 6) is 0.672. The van der Waals surface area contributed by atoms with E-state index in [0.29, 0.717) is 24.4 Å². The zero-order valence-electron chi connectivity index (χ0n) is 15.0. The van der Waals surface area contributed by atoms with E-state index in [1.165, 1.54) is 0 Å². The molecule has 0 spiro atoms. The second kappa shape index (κ2) is 7.60. The van der Waals surface area contributed by atoms with Crippen LogP contribution in [-0.4, -0.2) is 16.9 Å². The van der Waals surface area contributed by atoms with Gasteiger partial charge in [0.05, 0.1) is 12.3 Å². The number of benzene rings is 2. The molecule has 0 amide bonds. The van der Waals surface area contributed by atoms with Crippen LogP contribution in [0, 0.1) is 0 Å². The molecule has 2 aromatic carbocycles. The maximum Gasteiger partial charge on any atom is 0.134 e. The van der Waals surface area contributed by atoms with Gasteiger partial charge < -0.3 is 9.52 Å². The second-order valence-corrected chi connectivity index (χ2v) is 6.59. The van der Waals surface area contributed by atoms with Crippen LogP contribution >= 0.6 is 0 Å². The van der Waals surface area contributed by atoms with E-state index in [1.54, 1.807) is 0 Å². The van der Waals surface area contributed by atoms with Gasteiger partial charge in [0, 0.05) is 11.0 Å². The first-order chi connectivity index (χ1) is 13.2. The molecule has 1 aliphatic rings. The highest BCUT2D eigenvalue weighted by molar-refractivity contribution is 6.09. The minimum atomic E-state index is -0.817. The summed E-state index contributed by atoms with van der Waals surface area (Å²) in [6.07, 6.45) is 5.67. The van der Waals surface area contributed by atoms with Crippen LogP contribution in [0.15, 0.2) is 100 Å². The highest BCUT2D eigenvalue weighted by atomic mass is 16.3. The van der Waals surface area contributed by atoms with Crippen LogP contribution in [0.1, 0.15) is 17.7 Å². The van der Waals surface area contributed by atoms with Gasteiger partial charge in [-0.1, -0.05) is 54.6 Å². The fourth-order valence-electron chi connectivity index (χ4n) is 3.26. The predicted octanol–water partition coefficient (Wildman–Crippen LogP) is 5.33. The monoisotopic (exact) mass is 355 g/mol. The van der Waals surface area contributed by atoms with Crippen molar-refractivity contribution in [3.05, 3.63) is 102 Å². The van der Waals surface area contributed by atoms with Gasteiger partial charge in [0.1, 0.15) is 17.4 Å². The van der Waals surface area contributed by atoms with Gasteiger partial charge in [-0.2, -0.15) is 0 Å². The highest BCUT2D eigenvalue weighted by Gasteiger charge is 2.25. The summed E-state index contributed by atoms with van der Waals surface area (Å²) in [5, 5.41) is 12.0. The van der Waals surface area contributed by atoms with Crippen molar-refractivity contribution in [2.75, 3.05) is 0 Å². The van der Waals surface area contributed by atoms with Crippen molar-refractivity contribution in [1.82, 2.24) is 0 Å². The third-order valence-electron chi connectivity index (χ3n) is 4.63. The van der Waals surface area contributed by atoms with Crippen LogP contribution < -0.4 is 0 Å². The Labute approximate surface area is 158 Å². The van der Waals surface area contributed by atoms with Gasteiger partial charge in [-0.05, 0) is 41.8 Å². The standard InChI is InChI=1S/C24H21NO2/c1-2-8-18-13-20(23-15-19-11-6-7-12-22(19)27-23)24(26)21(14-18)25-16-17-9-4-3-5-10-17/h2-7,9-15,24,26H,1,8,16H2. The van der Waals surface area contributed by atoms with Crippen molar-refractivity contribution in [2.24, 2.45) is 4.99 Å². The molecule has 1 aliphatic carbocycles. The topological polar surface area (TPSA) is 45.7 Å². The summed E-state index contributed by atoms with van der Waals surface area (Å²) in [4.78, 5) is 4.67. The first-order valence-corrected chi connectivity index (χ1v) is 9.03. The van der Waals surface area contributed by atoms with E-state index in [4.69, 9.17) is 4.42 Å². The molecule has 3 nitrogen and oxygen atoms in total. The lowest BCUT2D eigenvalue weighted by molar-refractivity contribution is 0.294. The van der Waals surface area contributed by atoms with Crippen molar-refractivity contribution in [2.45, 2.75) is 19.1 Å². The first kappa shape index (κ1) is 17.3. The Balaban J connectivity index is 1.70. The number of aliphatic hydroxyl groups excluding tert-OH is 1. The molecule has 1 heterocycles. The summed E-state index contributed by atoms with van der Waals surface area (Å²) < 4.78 is 5.98. The predicted molar refractivity (Wildman–Crippen MR) is 111 cm³/mol. The minimum absolute atomic E-state index is 0.526. The molecule has 27 heavy (non-hydrogen) atoms. The van der Waals surface area contributed by atoms with Crippen LogP contribution in [0.3, 0.4) is 0 Å². The summed E-state index contributed by atoms with van der Waals surface area (Å²) in [5.41, 5.74) is 4.35. The van der Waals surface area contributed by atoms with E-state index in [1.807, 2.05) is 78.9 Å². The van der Waals surface area contributed by atoms with Crippen LogP contribution in [-0.2, 0) is 6.54 Å². The third kappa shape index (κ3) is 3.69. The van der Waals surface area contributed by atoms with Crippen LogP contribution in [0.5, 0.6) is 0 Å². The molecule has 0 aliphatic heterocycles. The summed E-state index contributed by atoms with van der Waals surface area (Å²) >= 11 is 0. The molecule has 0 bridgehead atoms. The fourth-order valence-corrected chi connectivity index (χ4v) is 3.26. The number of rotatable bonds is 5. The number of hydrogen-bond acceptors (Lipinski definition) is 3. The first-order valence-electron chi connectivity index (χ1n) is 9.03. The van der Waals surface area contributed by atoms with Gasteiger partial charge in [0.25, 0.3) is 0 Å². The second-order valence-electron chi connectivity index (χ2n) is 6.59. The number of nitrogens with zero attached hydrogens (tertiary/aromatic N) is 1. The van der Waals surface area contributed by atoms with E-state index >= 15 is 0 Å². The Morgan fingerprint density at radius 1 is 1.04 bits per heavy atom. The maximum absolute atomic E-state index is 10.9. The normalized spacial score (nSPS) is 18.4. The molecular weight excluding hydrogens is 334 g/mol. The molecule has 134 valence electrons. The molecular formula is C24H21NO2. The van der Waals surface area contributed by atoms with E-state index in [9.17, 15) is 5.11 Å². The average molecular weight is 355 g/mol.